The number of hydrogen-bond acceptors (Lipinski definition) is 1. The van der Waals surface area contributed by atoms with Gasteiger partial charge in [-0.1, -0.05) is 37.6 Å². The quantitative estimate of drug-likeness (QED) is 0.819. The van der Waals surface area contributed by atoms with E-state index in [1.165, 1.54) is 12.1 Å². The van der Waals surface area contributed by atoms with Gasteiger partial charge in [0, 0.05) is 18.0 Å². The lowest BCUT2D eigenvalue weighted by molar-refractivity contribution is -0.0140. The molecule has 0 saturated carbocycles. The van der Waals surface area contributed by atoms with E-state index < -0.39 is 5.92 Å². The van der Waals surface area contributed by atoms with Crippen molar-refractivity contribution in [3.8, 4) is 0 Å². The summed E-state index contributed by atoms with van der Waals surface area (Å²) in [6.07, 6.45) is 1.11. The first-order chi connectivity index (χ1) is 7.45. The van der Waals surface area contributed by atoms with E-state index in [1.807, 2.05) is 6.92 Å². The lowest BCUT2D eigenvalue weighted by Gasteiger charge is -2.16. The summed E-state index contributed by atoms with van der Waals surface area (Å²) in [5.41, 5.74) is 6.75. The molecule has 2 N–H and O–H groups in total. The van der Waals surface area contributed by atoms with Gasteiger partial charge in [0.05, 0.1) is 0 Å². The van der Waals surface area contributed by atoms with Crippen molar-refractivity contribution in [2.24, 2.45) is 5.73 Å². The van der Waals surface area contributed by atoms with Crippen molar-refractivity contribution in [1.29, 1.82) is 0 Å². The fourth-order valence-electron chi connectivity index (χ4n) is 1.71. The van der Waals surface area contributed by atoms with Gasteiger partial charge in [0.2, 0.25) is 0 Å². The second-order valence-corrected chi connectivity index (χ2v) is 4.33. The Labute approximate surface area is 95.7 Å². The Kier molecular flexibility index (Phi) is 4.42. The topological polar surface area (TPSA) is 26.0 Å². The van der Waals surface area contributed by atoms with Gasteiger partial charge in [0.15, 0.2) is 0 Å². The molecule has 1 unspecified atom stereocenters. The first kappa shape index (κ1) is 13.1. The minimum atomic E-state index is -2.71. The molecule has 1 nitrogen and oxygen atoms in total. The number of alkyl halides is 2. The van der Waals surface area contributed by atoms with Gasteiger partial charge in [-0.2, -0.15) is 0 Å². The van der Waals surface area contributed by atoms with E-state index in [2.05, 4.69) is 0 Å². The van der Waals surface area contributed by atoms with Crippen LogP contribution in [0.4, 0.5) is 8.78 Å². The molecule has 16 heavy (non-hydrogen) atoms. The zero-order chi connectivity index (χ0) is 12.2. The van der Waals surface area contributed by atoms with Crippen LogP contribution in [0.5, 0.6) is 0 Å². The lowest BCUT2D eigenvalue weighted by atomic mass is 10.0. The number of benzene rings is 1. The Morgan fingerprint density at radius 2 is 1.81 bits per heavy atom. The van der Waals surface area contributed by atoms with Crippen LogP contribution < -0.4 is 5.73 Å². The highest BCUT2D eigenvalue weighted by molar-refractivity contribution is 5.26. The average molecular weight is 227 g/mol. The fraction of sp³-hybridized carbons (Fsp3) is 0.538. The van der Waals surface area contributed by atoms with Crippen LogP contribution in [0.3, 0.4) is 0 Å². The minimum Gasteiger partial charge on any atom is -0.328 e. The van der Waals surface area contributed by atoms with Crippen LogP contribution in [0.1, 0.15) is 37.8 Å². The van der Waals surface area contributed by atoms with E-state index in [4.69, 9.17) is 5.73 Å². The van der Waals surface area contributed by atoms with E-state index in [9.17, 15) is 8.78 Å². The number of halogens is 2. The van der Waals surface area contributed by atoms with Gasteiger partial charge < -0.3 is 5.73 Å². The summed E-state index contributed by atoms with van der Waals surface area (Å²) in [7, 11) is 0. The van der Waals surface area contributed by atoms with Crippen LogP contribution in [0.25, 0.3) is 0 Å². The molecule has 1 atom stereocenters. The molecule has 0 bridgehead atoms. The van der Waals surface area contributed by atoms with E-state index in [1.54, 1.807) is 19.1 Å². The third-order valence-electron chi connectivity index (χ3n) is 2.50. The van der Waals surface area contributed by atoms with Gasteiger partial charge in [-0.3, -0.25) is 0 Å². The standard InChI is InChI=1S/C13H19F2N/c1-3-8-13(14,15)12-6-4-11(5-7-12)9-10(2)16/h4-7,10H,3,8-9,16H2,1-2H3. The molecular weight excluding hydrogens is 208 g/mol. The first-order valence-electron chi connectivity index (χ1n) is 5.68. The van der Waals surface area contributed by atoms with Gasteiger partial charge in [0.1, 0.15) is 0 Å². The summed E-state index contributed by atoms with van der Waals surface area (Å²) in [5.74, 6) is -2.71. The van der Waals surface area contributed by atoms with Crippen molar-refractivity contribution in [3.63, 3.8) is 0 Å². The molecule has 1 rings (SSSR count). The van der Waals surface area contributed by atoms with Crippen LogP contribution in [-0.2, 0) is 12.3 Å². The molecule has 90 valence electrons. The summed E-state index contributed by atoms with van der Waals surface area (Å²) in [6.45, 7) is 3.66. The third-order valence-corrected chi connectivity index (χ3v) is 2.50. The molecule has 0 spiro atoms. The van der Waals surface area contributed by atoms with Crippen molar-refractivity contribution in [2.75, 3.05) is 0 Å². The second kappa shape index (κ2) is 5.39. The Balaban J connectivity index is 2.78. The summed E-state index contributed by atoms with van der Waals surface area (Å²) in [4.78, 5) is 0. The maximum Gasteiger partial charge on any atom is 0.273 e. The van der Waals surface area contributed by atoms with E-state index >= 15 is 0 Å². The first-order valence-corrected chi connectivity index (χ1v) is 5.68. The van der Waals surface area contributed by atoms with Crippen LogP contribution in [0.2, 0.25) is 0 Å². The monoisotopic (exact) mass is 227 g/mol. The van der Waals surface area contributed by atoms with Crippen molar-refractivity contribution >= 4 is 0 Å². The van der Waals surface area contributed by atoms with Crippen LogP contribution in [-0.4, -0.2) is 6.04 Å². The maximum absolute atomic E-state index is 13.5. The Morgan fingerprint density at radius 3 is 2.25 bits per heavy atom. The zero-order valence-electron chi connectivity index (χ0n) is 9.84. The number of hydrogen-bond donors (Lipinski definition) is 1. The lowest BCUT2D eigenvalue weighted by Crippen LogP contribution is -2.18. The molecule has 1 aromatic rings. The van der Waals surface area contributed by atoms with E-state index in [0.29, 0.717) is 6.42 Å². The van der Waals surface area contributed by atoms with E-state index in [-0.39, 0.29) is 18.0 Å². The van der Waals surface area contributed by atoms with E-state index in [0.717, 1.165) is 12.0 Å². The highest BCUT2D eigenvalue weighted by atomic mass is 19.3. The molecule has 0 fully saturated rings. The average Bonchev–Trinajstić information content (AvgIpc) is 2.17. The van der Waals surface area contributed by atoms with Gasteiger partial charge in [-0.05, 0) is 18.9 Å². The molecule has 0 radical (unpaired) electrons. The molecule has 0 saturated heterocycles. The molecule has 0 aliphatic rings. The number of rotatable bonds is 5. The normalized spacial score (nSPS) is 13.8. The molecule has 3 heteroatoms. The molecule has 0 aliphatic heterocycles. The Bertz CT molecular complexity index is 317. The molecule has 0 amide bonds. The molecule has 1 aromatic carbocycles. The predicted octanol–water partition coefficient (Wildman–Crippen LogP) is 3.47. The summed E-state index contributed by atoms with van der Waals surface area (Å²) >= 11 is 0. The zero-order valence-corrected chi connectivity index (χ0v) is 9.84. The maximum atomic E-state index is 13.5. The highest BCUT2D eigenvalue weighted by Crippen LogP contribution is 2.32. The van der Waals surface area contributed by atoms with Crippen molar-refractivity contribution in [1.82, 2.24) is 0 Å². The largest absolute Gasteiger partial charge is 0.328 e. The van der Waals surface area contributed by atoms with Gasteiger partial charge in [-0.25, -0.2) is 8.78 Å². The highest BCUT2D eigenvalue weighted by Gasteiger charge is 2.29. The van der Waals surface area contributed by atoms with Crippen LogP contribution in [0, 0.1) is 0 Å². The predicted molar refractivity (Wildman–Crippen MR) is 62.6 cm³/mol. The van der Waals surface area contributed by atoms with Crippen LogP contribution in [0.15, 0.2) is 24.3 Å². The molecular formula is C13H19F2N. The molecule has 0 aromatic heterocycles. The summed E-state index contributed by atoms with van der Waals surface area (Å²) < 4.78 is 27.1. The molecule has 0 aliphatic carbocycles. The van der Waals surface area contributed by atoms with Gasteiger partial charge in [-0.15, -0.1) is 0 Å². The van der Waals surface area contributed by atoms with Crippen LogP contribution >= 0.6 is 0 Å². The van der Waals surface area contributed by atoms with Crippen molar-refractivity contribution in [2.45, 2.75) is 45.1 Å². The van der Waals surface area contributed by atoms with Gasteiger partial charge in [0.25, 0.3) is 5.92 Å². The summed E-state index contributed by atoms with van der Waals surface area (Å²) in [5, 5.41) is 0. The Hall–Kier alpha value is -0.960. The smallest absolute Gasteiger partial charge is 0.273 e. The summed E-state index contributed by atoms with van der Waals surface area (Å²) in [6, 6.07) is 6.55. The van der Waals surface area contributed by atoms with Gasteiger partial charge >= 0.3 is 0 Å². The molecule has 0 heterocycles. The SMILES string of the molecule is CCCC(F)(F)c1ccc(CC(C)N)cc1. The number of nitrogens with two attached hydrogens (primary N) is 1. The van der Waals surface area contributed by atoms with Crippen molar-refractivity contribution < 1.29 is 8.78 Å². The third kappa shape index (κ3) is 3.56. The Morgan fingerprint density at radius 1 is 1.25 bits per heavy atom. The second-order valence-electron chi connectivity index (χ2n) is 4.33. The van der Waals surface area contributed by atoms with Crippen molar-refractivity contribution in [3.05, 3.63) is 35.4 Å². The minimum absolute atomic E-state index is 0.0574. The fourth-order valence-corrected chi connectivity index (χ4v) is 1.71.